The Bertz CT molecular complexity index is 713. The predicted molar refractivity (Wildman–Crippen MR) is 76.6 cm³/mol. The zero-order valence-corrected chi connectivity index (χ0v) is 12.1. The molecule has 0 amide bonds. The SMILES string of the molecule is CCCS(=O)(=O)Cc1c(C(=O)O)sc2ccccc12. The lowest BCUT2D eigenvalue weighted by atomic mass is 10.1. The third-order valence-corrected chi connectivity index (χ3v) is 5.73. The van der Waals surface area contributed by atoms with Crippen LogP contribution in [0.4, 0.5) is 0 Å². The number of sulfone groups is 1. The van der Waals surface area contributed by atoms with Gasteiger partial charge >= 0.3 is 5.97 Å². The minimum Gasteiger partial charge on any atom is -0.477 e. The maximum atomic E-state index is 11.9. The molecule has 1 heterocycles. The van der Waals surface area contributed by atoms with Crippen LogP contribution >= 0.6 is 11.3 Å². The predicted octanol–water partition coefficient (Wildman–Crippen LogP) is 2.92. The first-order chi connectivity index (χ1) is 8.94. The van der Waals surface area contributed by atoms with Gasteiger partial charge < -0.3 is 5.11 Å². The highest BCUT2D eigenvalue weighted by molar-refractivity contribution is 7.90. The highest BCUT2D eigenvalue weighted by atomic mass is 32.2. The van der Waals surface area contributed by atoms with E-state index >= 15 is 0 Å². The molecule has 0 aliphatic carbocycles. The summed E-state index contributed by atoms with van der Waals surface area (Å²) in [6, 6.07) is 7.18. The van der Waals surface area contributed by atoms with E-state index in [1.807, 2.05) is 12.1 Å². The Morgan fingerprint density at radius 3 is 2.63 bits per heavy atom. The van der Waals surface area contributed by atoms with Crippen molar-refractivity contribution in [2.75, 3.05) is 5.75 Å². The highest BCUT2D eigenvalue weighted by Gasteiger charge is 2.22. The smallest absolute Gasteiger partial charge is 0.346 e. The molecule has 19 heavy (non-hydrogen) atoms. The molecule has 102 valence electrons. The van der Waals surface area contributed by atoms with Crippen molar-refractivity contribution in [3.63, 3.8) is 0 Å². The van der Waals surface area contributed by atoms with Crippen molar-refractivity contribution in [2.45, 2.75) is 19.1 Å². The van der Waals surface area contributed by atoms with Gasteiger partial charge in [0.25, 0.3) is 0 Å². The van der Waals surface area contributed by atoms with Crippen LogP contribution in [0.2, 0.25) is 0 Å². The summed E-state index contributed by atoms with van der Waals surface area (Å²) in [6.07, 6.45) is 0.535. The van der Waals surface area contributed by atoms with Crippen LogP contribution in [-0.2, 0) is 15.6 Å². The van der Waals surface area contributed by atoms with Gasteiger partial charge in [0.2, 0.25) is 0 Å². The monoisotopic (exact) mass is 298 g/mol. The van der Waals surface area contributed by atoms with Crippen LogP contribution in [0, 0.1) is 0 Å². The van der Waals surface area contributed by atoms with Gasteiger partial charge in [-0.25, -0.2) is 13.2 Å². The van der Waals surface area contributed by atoms with Gasteiger partial charge in [0.15, 0.2) is 9.84 Å². The summed E-state index contributed by atoms with van der Waals surface area (Å²) in [6.45, 7) is 1.79. The van der Waals surface area contributed by atoms with Crippen LogP contribution in [-0.4, -0.2) is 25.2 Å². The number of rotatable bonds is 5. The second-order valence-electron chi connectivity index (χ2n) is 4.30. The average molecular weight is 298 g/mol. The molecule has 0 aliphatic rings. The number of aromatic carboxylic acids is 1. The molecule has 6 heteroatoms. The Hall–Kier alpha value is -1.40. The summed E-state index contributed by atoms with van der Waals surface area (Å²) in [5.41, 5.74) is 0.418. The number of carbonyl (C=O) groups is 1. The Morgan fingerprint density at radius 2 is 2.00 bits per heavy atom. The molecule has 1 aromatic carbocycles. The van der Waals surface area contributed by atoms with Crippen molar-refractivity contribution in [3.05, 3.63) is 34.7 Å². The summed E-state index contributed by atoms with van der Waals surface area (Å²) in [5.74, 6) is -1.19. The van der Waals surface area contributed by atoms with E-state index in [9.17, 15) is 18.3 Å². The maximum Gasteiger partial charge on any atom is 0.346 e. The molecule has 0 atom stereocenters. The van der Waals surface area contributed by atoms with E-state index in [2.05, 4.69) is 0 Å². The van der Waals surface area contributed by atoms with Crippen molar-refractivity contribution < 1.29 is 18.3 Å². The third kappa shape index (κ3) is 2.96. The van der Waals surface area contributed by atoms with Crippen LogP contribution in [0.25, 0.3) is 10.1 Å². The van der Waals surface area contributed by atoms with Crippen molar-refractivity contribution in [2.24, 2.45) is 0 Å². The van der Waals surface area contributed by atoms with Crippen LogP contribution < -0.4 is 0 Å². The molecule has 2 aromatic rings. The van der Waals surface area contributed by atoms with Crippen molar-refractivity contribution >= 4 is 37.2 Å². The molecule has 2 rings (SSSR count). The molecule has 4 nitrogen and oxygen atoms in total. The second-order valence-corrected chi connectivity index (χ2v) is 7.54. The second kappa shape index (κ2) is 5.30. The first-order valence-electron chi connectivity index (χ1n) is 5.88. The maximum absolute atomic E-state index is 11.9. The van der Waals surface area contributed by atoms with E-state index in [1.54, 1.807) is 19.1 Å². The van der Waals surface area contributed by atoms with Gasteiger partial charge in [-0.1, -0.05) is 25.1 Å². The van der Waals surface area contributed by atoms with Crippen LogP contribution in [0.5, 0.6) is 0 Å². The average Bonchev–Trinajstić information content (AvgIpc) is 2.68. The summed E-state index contributed by atoms with van der Waals surface area (Å²) < 4.78 is 24.7. The standard InChI is InChI=1S/C13H14O4S2/c1-2-7-19(16,17)8-10-9-5-3-4-6-11(9)18-12(10)13(14)15/h3-6H,2,7-8H2,1H3,(H,14,15). The lowest BCUT2D eigenvalue weighted by Gasteiger charge is -2.03. The van der Waals surface area contributed by atoms with Gasteiger partial charge in [-0.3, -0.25) is 0 Å². The molecular formula is C13H14O4S2. The summed E-state index contributed by atoms with van der Waals surface area (Å²) >= 11 is 1.13. The summed E-state index contributed by atoms with van der Waals surface area (Å²) in [7, 11) is -3.26. The van der Waals surface area contributed by atoms with Gasteiger partial charge in [-0.15, -0.1) is 11.3 Å². The van der Waals surface area contributed by atoms with Crippen LogP contribution in [0.3, 0.4) is 0 Å². The van der Waals surface area contributed by atoms with Crippen LogP contribution in [0.15, 0.2) is 24.3 Å². The van der Waals surface area contributed by atoms with Crippen molar-refractivity contribution in [1.82, 2.24) is 0 Å². The lowest BCUT2D eigenvalue weighted by Crippen LogP contribution is -2.10. The Labute approximate surface area is 115 Å². The fourth-order valence-electron chi connectivity index (χ4n) is 2.02. The Kier molecular flexibility index (Phi) is 3.91. The van der Waals surface area contributed by atoms with Crippen molar-refractivity contribution in [3.8, 4) is 0 Å². The highest BCUT2D eigenvalue weighted by Crippen LogP contribution is 2.32. The zero-order valence-electron chi connectivity index (χ0n) is 10.4. The van der Waals surface area contributed by atoms with Gasteiger partial charge in [-0.2, -0.15) is 0 Å². The van der Waals surface area contributed by atoms with Gasteiger partial charge in [-0.05, 0) is 17.9 Å². The van der Waals surface area contributed by atoms with Crippen LogP contribution in [0.1, 0.15) is 28.6 Å². The molecule has 0 radical (unpaired) electrons. The molecule has 0 aliphatic heterocycles. The van der Waals surface area contributed by atoms with E-state index in [4.69, 9.17) is 0 Å². The summed E-state index contributed by atoms with van der Waals surface area (Å²) in [4.78, 5) is 11.4. The number of carboxylic acids is 1. The van der Waals surface area contributed by atoms with E-state index in [0.717, 1.165) is 21.4 Å². The van der Waals surface area contributed by atoms with E-state index < -0.39 is 15.8 Å². The number of fused-ring (bicyclic) bond motifs is 1. The normalized spacial score (nSPS) is 11.8. The molecule has 0 unspecified atom stereocenters. The number of hydrogen-bond donors (Lipinski definition) is 1. The molecule has 0 saturated heterocycles. The minimum absolute atomic E-state index is 0.0796. The number of hydrogen-bond acceptors (Lipinski definition) is 4. The Morgan fingerprint density at radius 1 is 1.32 bits per heavy atom. The van der Waals surface area contributed by atoms with Gasteiger partial charge in [0.1, 0.15) is 4.88 Å². The fourth-order valence-corrected chi connectivity index (χ4v) is 4.68. The van der Waals surface area contributed by atoms with E-state index in [-0.39, 0.29) is 16.4 Å². The minimum atomic E-state index is -3.26. The third-order valence-electron chi connectivity index (χ3n) is 2.77. The number of carboxylic acid groups (broad SMARTS) is 1. The summed E-state index contributed by atoms with van der Waals surface area (Å²) in [5, 5.41) is 9.94. The molecule has 0 spiro atoms. The first kappa shape index (κ1) is 14.0. The van der Waals surface area contributed by atoms with E-state index in [1.165, 1.54) is 0 Å². The molecule has 1 N–H and O–H groups in total. The number of benzene rings is 1. The molecule has 0 saturated carbocycles. The first-order valence-corrected chi connectivity index (χ1v) is 8.52. The zero-order chi connectivity index (χ0) is 14.0. The largest absolute Gasteiger partial charge is 0.477 e. The lowest BCUT2D eigenvalue weighted by molar-refractivity contribution is 0.0701. The molecule has 0 bridgehead atoms. The quantitative estimate of drug-likeness (QED) is 0.921. The van der Waals surface area contributed by atoms with Gasteiger partial charge in [0, 0.05) is 10.3 Å². The van der Waals surface area contributed by atoms with Crippen molar-refractivity contribution in [1.29, 1.82) is 0 Å². The number of thiophene rings is 1. The van der Waals surface area contributed by atoms with E-state index in [0.29, 0.717) is 12.0 Å². The molecule has 0 fully saturated rings. The Balaban J connectivity index is 2.57. The fraction of sp³-hybridized carbons (Fsp3) is 0.308. The molecule has 1 aromatic heterocycles. The topological polar surface area (TPSA) is 71.4 Å². The van der Waals surface area contributed by atoms with Gasteiger partial charge in [0.05, 0.1) is 11.5 Å². The molecular weight excluding hydrogens is 284 g/mol.